The molecular weight excluding hydrogens is 484 g/mol. The quantitative estimate of drug-likeness (QED) is 0.412. The summed E-state index contributed by atoms with van der Waals surface area (Å²) in [6.07, 6.45) is 8.04. The lowest BCUT2D eigenvalue weighted by atomic mass is 9.85. The SMILES string of the molecule is CC(C)(CO)COc1cccc2c1cnn2-c1ccnc(NC2CCC(C(=O)N3CCC(O)CC3)CC2)n1. The first kappa shape index (κ1) is 26.4. The summed E-state index contributed by atoms with van der Waals surface area (Å²) in [6.45, 7) is 5.67. The van der Waals surface area contributed by atoms with Crippen LogP contribution < -0.4 is 10.1 Å². The van der Waals surface area contributed by atoms with E-state index >= 15 is 0 Å². The lowest BCUT2D eigenvalue weighted by Crippen LogP contribution is -2.44. The van der Waals surface area contributed by atoms with Crippen molar-refractivity contribution in [3.63, 3.8) is 0 Å². The van der Waals surface area contributed by atoms with E-state index in [9.17, 15) is 15.0 Å². The third kappa shape index (κ3) is 5.91. The van der Waals surface area contributed by atoms with Gasteiger partial charge in [0, 0.05) is 42.7 Å². The molecule has 2 aliphatic rings. The minimum absolute atomic E-state index is 0.0420. The van der Waals surface area contributed by atoms with Gasteiger partial charge in [-0.3, -0.25) is 4.79 Å². The second kappa shape index (κ2) is 11.2. The molecule has 10 heteroatoms. The summed E-state index contributed by atoms with van der Waals surface area (Å²) >= 11 is 0. The molecule has 10 nitrogen and oxygen atoms in total. The molecule has 1 aliphatic carbocycles. The maximum atomic E-state index is 12.9. The van der Waals surface area contributed by atoms with Crippen LogP contribution in [0, 0.1) is 11.3 Å². The molecule has 1 aliphatic heterocycles. The maximum Gasteiger partial charge on any atom is 0.225 e. The van der Waals surface area contributed by atoms with Gasteiger partial charge in [0.15, 0.2) is 5.82 Å². The molecular formula is C28H38N6O4. The Morgan fingerprint density at radius 1 is 1.13 bits per heavy atom. The predicted octanol–water partition coefficient (Wildman–Crippen LogP) is 3.17. The van der Waals surface area contributed by atoms with Crippen molar-refractivity contribution in [3.8, 4) is 11.6 Å². The number of carbonyl (C=O) groups excluding carboxylic acids is 1. The van der Waals surface area contributed by atoms with Gasteiger partial charge in [0.2, 0.25) is 11.9 Å². The Bertz CT molecular complexity index is 1250. The number of likely N-dealkylation sites (tertiary alicyclic amines) is 1. The number of hydrogen-bond acceptors (Lipinski definition) is 8. The number of rotatable bonds is 8. The van der Waals surface area contributed by atoms with Gasteiger partial charge in [-0.1, -0.05) is 19.9 Å². The average Bonchev–Trinajstić information content (AvgIpc) is 3.37. The van der Waals surface area contributed by atoms with Crippen LogP contribution in [0.15, 0.2) is 36.7 Å². The number of piperidine rings is 1. The number of aliphatic hydroxyl groups is 2. The Kier molecular flexibility index (Phi) is 7.80. The minimum atomic E-state index is -0.338. The summed E-state index contributed by atoms with van der Waals surface area (Å²) in [7, 11) is 0. The lowest BCUT2D eigenvalue weighted by Gasteiger charge is -2.35. The zero-order valence-corrected chi connectivity index (χ0v) is 22.2. The first-order chi connectivity index (χ1) is 18.3. The van der Waals surface area contributed by atoms with Gasteiger partial charge in [-0.25, -0.2) is 9.67 Å². The van der Waals surface area contributed by atoms with Crippen molar-refractivity contribution in [2.24, 2.45) is 11.3 Å². The van der Waals surface area contributed by atoms with Crippen LogP contribution in [0.25, 0.3) is 16.7 Å². The zero-order valence-electron chi connectivity index (χ0n) is 22.2. The van der Waals surface area contributed by atoms with Gasteiger partial charge in [-0.05, 0) is 50.7 Å². The summed E-state index contributed by atoms with van der Waals surface area (Å²) in [6, 6.07) is 7.84. The van der Waals surface area contributed by atoms with Crippen LogP contribution in [-0.2, 0) is 4.79 Å². The molecule has 5 rings (SSSR count). The van der Waals surface area contributed by atoms with E-state index in [0.29, 0.717) is 44.3 Å². The summed E-state index contributed by atoms with van der Waals surface area (Å²) in [5.74, 6) is 2.21. The van der Waals surface area contributed by atoms with E-state index < -0.39 is 0 Å². The van der Waals surface area contributed by atoms with Crippen molar-refractivity contribution in [2.75, 3.05) is 31.6 Å². The molecule has 0 spiro atoms. The van der Waals surface area contributed by atoms with Crippen LogP contribution >= 0.6 is 0 Å². The monoisotopic (exact) mass is 522 g/mol. The topological polar surface area (TPSA) is 126 Å². The van der Waals surface area contributed by atoms with Crippen molar-refractivity contribution in [1.29, 1.82) is 0 Å². The summed E-state index contributed by atoms with van der Waals surface area (Å²) in [5.41, 5.74) is 0.535. The second-order valence-electron chi connectivity index (χ2n) is 11.3. The normalized spacial score (nSPS) is 21.0. The van der Waals surface area contributed by atoms with Gasteiger partial charge < -0.3 is 25.2 Å². The number of nitrogens with zero attached hydrogens (tertiary/aromatic N) is 5. The van der Waals surface area contributed by atoms with Crippen LogP contribution in [0.5, 0.6) is 5.75 Å². The largest absolute Gasteiger partial charge is 0.492 e. The van der Waals surface area contributed by atoms with E-state index in [1.807, 2.05) is 43.0 Å². The van der Waals surface area contributed by atoms with Crippen LogP contribution in [0.1, 0.15) is 52.4 Å². The summed E-state index contributed by atoms with van der Waals surface area (Å²) in [5, 5.41) is 28.2. The third-order valence-corrected chi connectivity index (χ3v) is 7.66. The molecule has 0 bridgehead atoms. The van der Waals surface area contributed by atoms with Crippen molar-refractivity contribution in [1.82, 2.24) is 24.6 Å². The molecule has 1 aromatic carbocycles. The van der Waals surface area contributed by atoms with Crippen molar-refractivity contribution >= 4 is 22.8 Å². The average molecular weight is 523 g/mol. The number of carbonyl (C=O) groups is 1. The van der Waals surface area contributed by atoms with Crippen molar-refractivity contribution in [3.05, 3.63) is 36.7 Å². The number of benzene rings is 1. The number of fused-ring (bicyclic) bond motifs is 1. The third-order valence-electron chi connectivity index (χ3n) is 7.66. The van der Waals surface area contributed by atoms with Crippen LogP contribution in [0.3, 0.4) is 0 Å². The standard InChI is InChI=1S/C28H38N6O4/c1-28(2,17-35)18-38-24-5-3-4-23-22(24)16-30-34(23)25-10-13-29-27(32-25)31-20-8-6-19(7-9-20)26(37)33-14-11-21(36)12-15-33/h3-5,10,13,16,19-21,35-36H,6-9,11-12,14-15,17-18H2,1-2H3,(H,29,31,32). The van der Waals surface area contributed by atoms with Crippen LogP contribution in [0.2, 0.25) is 0 Å². The van der Waals surface area contributed by atoms with Gasteiger partial charge in [0.05, 0.1) is 36.4 Å². The Morgan fingerprint density at radius 3 is 2.63 bits per heavy atom. The summed E-state index contributed by atoms with van der Waals surface area (Å²) < 4.78 is 7.80. The fourth-order valence-electron chi connectivity index (χ4n) is 5.20. The van der Waals surface area contributed by atoms with Crippen molar-refractivity contribution in [2.45, 2.75) is 64.5 Å². The number of anilines is 1. The number of nitrogens with one attached hydrogen (secondary N) is 1. The zero-order chi connectivity index (χ0) is 26.7. The van der Waals surface area contributed by atoms with Gasteiger partial charge in [-0.2, -0.15) is 10.1 Å². The molecule has 3 N–H and O–H groups in total. The van der Waals surface area contributed by atoms with Gasteiger partial charge >= 0.3 is 0 Å². The molecule has 0 atom stereocenters. The molecule has 204 valence electrons. The highest BCUT2D eigenvalue weighted by Crippen LogP contribution is 2.30. The number of ether oxygens (including phenoxy) is 1. The highest BCUT2D eigenvalue weighted by atomic mass is 16.5. The van der Waals surface area contributed by atoms with Gasteiger partial charge in [-0.15, -0.1) is 0 Å². The Morgan fingerprint density at radius 2 is 1.89 bits per heavy atom. The number of amides is 1. The molecule has 1 saturated carbocycles. The minimum Gasteiger partial charge on any atom is -0.492 e. The van der Waals surface area contributed by atoms with E-state index in [4.69, 9.17) is 9.72 Å². The Hall–Kier alpha value is -3.24. The molecule has 3 aromatic rings. The van der Waals surface area contributed by atoms with E-state index in [1.165, 1.54) is 0 Å². The van der Waals surface area contributed by atoms with E-state index in [2.05, 4.69) is 15.4 Å². The molecule has 38 heavy (non-hydrogen) atoms. The molecule has 3 heterocycles. The molecule has 1 saturated heterocycles. The molecule has 1 amide bonds. The first-order valence-corrected chi connectivity index (χ1v) is 13.6. The lowest BCUT2D eigenvalue weighted by molar-refractivity contribution is -0.138. The molecule has 0 unspecified atom stereocenters. The maximum absolute atomic E-state index is 12.9. The predicted molar refractivity (Wildman–Crippen MR) is 144 cm³/mol. The van der Waals surface area contributed by atoms with E-state index in [1.54, 1.807) is 17.1 Å². The van der Waals surface area contributed by atoms with Crippen LogP contribution in [-0.4, -0.2) is 79.2 Å². The molecule has 2 aromatic heterocycles. The number of hydrogen-bond donors (Lipinski definition) is 3. The van der Waals surface area contributed by atoms with Crippen LogP contribution in [0.4, 0.5) is 5.95 Å². The fourth-order valence-corrected chi connectivity index (χ4v) is 5.20. The van der Waals surface area contributed by atoms with E-state index in [-0.39, 0.29) is 36.0 Å². The first-order valence-electron chi connectivity index (χ1n) is 13.6. The van der Waals surface area contributed by atoms with Gasteiger partial charge in [0.25, 0.3) is 0 Å². The molecule has 0 radical (unpaired) electrons. The number of aromatic nitrogens is 4. The highest BCUT2D eigenvalue weighted by molar-refractivity contribution is 5.86. The smallest absolute Gasteiger partial charge is 0.225 e. The van der Waals surface area contributed by atoms with E-state index in [0.717, 1.165) is 42.3 Å². The second-order valence-corrected chi connectivity index (χ2v) is 11.3. The highest BCUT2D eigenvalue weighted by Gasteiger charge is 2.31. The number of aliphatic hydroxyl groups excluding tert-OH is 2. The molecule has 2 fully saturated rings. The Labute approximate surface area is 223 Å². The van der Waals surface area contributed by atoms with Gasteiger partial charge in [0.1, 0.15) is 5.75 Å². The summed E-state index contributed by atoms with van der Waals surface area (Å²) in [4.78, 5) is 24.0. The van der Waals surface area contributed by atoms with Crippen molar-refractivity contribution < 1.29 is 19.7 Å². The Balaban J connectivity index is 1.22. The fraction of sp³-hybridized carbons (Fsp3) is 0.571.